The van der Waals surface area contributed by atoms with Crippen LogP contribution in [0.15, 0.2) is 59.4 Å². The minimum atomic E-state index is -0.225. The predicted octanol–water partition coefficient (Wildman–Crippen LogP) is 3.60. The molecule has 0 amide bonds. The van der Waals surface area contributed by atoms with E-state index in [2.05, 4.69) is 37.8 Å². The summed E-state index contributed by atoms with van der Waals surface area (Å²) in [6, 6.07) is 17.1. The average molecular weight is 395 g/mol. The van der Waals surface area contributed by atoms with Crippen molar-refractivity contribution < 1.29 is 0 Å². The Morgan fingerprint density at radius 2 is 1.82 bits per heavy atom. The molecule has 2 aromatic carbocycles. The van der Waals surface area contributed by atoms with E-state index < -0.39 is 0 Å². The molecule has 2 aromatic heterocycles. The van der Waals surface area contributed by atoms with Gasteiger partial charge in [-0.2, -0.15) is 9.50 Å². The number of aryl methyl sites for hydroxylation is 1. The van der Waals surface area contributed by atoms with Crippen LogP contribution < -0.4 is 16.2 Å². The lowest BCUT2D eigenvalue weighted by Gasteiger charge is -2.07. The van der Waals surface area contributed by atoms with Crippen LogP contribution in [0.5, 0.6) is 0 Å². The standard InChI is InChI=1S/C20H19ClN6O/c1-13-6-8-14(9-7-13)11-23-19-25-20-24-15(10-18(28)27(20)26-19)12-22-17-5-3-2-4-16(17)21/h2-10,22H,11-12H2,1H3,(H2,23,24,25,26). The van der Waals surface area contributed by atoms with Crippen molar-refractivity contribution in [3.8, 4) is 0 Å². The van der Waals surface area contributed by atoms with Crippen LogP contribution in [0.3, 0.4) is 0 Å². The summed E-state index contributed by atoms with van der Waals surface area (Å²) < 4.78 is 1.32. The largest absolute Gasteiger partial charge is 0.378 e. The van der Waals surface area contributed by atoms with Gasteiger partial charge in [-0.05, 0) is 24.6 Å². The third-order valence-corrected chi connectivity index (χ3v) is 4.63. The maximum atomic E-state index is 12.4. The van der Waals surface area contributed by atoms with Crippen LogP contribution in [-0.2, 0) is 13.1 Å². The Kier molecular flexibility index (Phi) is 4.99. The molecule has 2 heterocycles. The van der Waals surface area contributed by atoms with Crippen molar-refractivity contribution in [2.45, 2.75) is 20.0 Å². The molecule has 142 valence electrons. The Morgan fingerprint density at radius 3 is 2.61 bits per heavy atom. The van der Waals surface area contributed by atoms with E-state index in [0.29, 0.717) is 35.5 Å². The van der Waals surface area contributed by atoms with Crippen LogP contribution >= 0.6 is 11.6 Å². The number of hydrogen-bond acceptors (Lipinski definition) is 5. The number of hydrogen-bond donors (Lipinski definition) is 3. The first-order valence-electron chi connectivity index (χ1n) is 8.85. The van der Waals surface area contributed by atoms with Crippen LogP contribution in [0.25, 0.3) is 5.78 Å². The van der Waals surface area contributed by atoms with Crippen molar-refractivity contribution in [1.82, 2.24) is 19.6 Å². The minimum absolute atomic E-state index is 0.225. The molecule has 0 atom stereocenters. The van der Waals surface area contributed by atoms with Crippen molar-refractivity contribution in [3.05, 3.63) is 86.8 Å². The van der Waals surface area contributed by atoms with Crippen LogP contribution in [0, 0.1) is 6.92 Å². The summed E-state index contributed by atoms with van der Waals surface area (Å²) in [5.74, 6) is 0.802. The van der Waals surface area contributed by atoms with Crippen molar-refractivity contribution in [1.29, 1.82) is 0 Å². The number of aromatic amines is 1. The number of nitrogens with zero attached hydrogens (tertiary/aromatic N) is 3. The lowest BCUT2D eigenvalue weighted by Crippen LogP contribution is -2.17. The first-order chi connectivity index (χ1) is 13.6. The molecular weight excluding hydrogens is 376 g/mol. The molecule has 0 saturated carbocycles. The number of aromatic nitrogens is 4. The second-order valence-corrected chi connectivity index (χ2v) is 6.87. The van der Waals surface area contributed by atoms with Gasteiger partial charge in [0.2, 0.25) is 5.95 Å². The van der Waals surface area contributed by atoms with Gasteiger partial charge >= 0.3 is 0 Å². The highest BCUT2D eigenvalue weighted by atomic mass is 35.5. The van der Waals surface area contributed by atoms with Crippen LogP contribution in [0.1, 0.15) is 16.8 Å². The maximum Gasteiger partial charge on any atom is 0.274 e. The predicted molar refractivity (Wildman–Crippen MR) is 111 cm³/mol. The quantitative estimate of drug-likeness (QED) is 0.465. The summed E-state index contributed by atoms with van der Waals surface area (Å²) >= 11 is 6.14. The smallest absolute Gasteiger partial charge is 0.274 e. The zero-order valence-corrected chi connectivity index (χ0v) is 16.0. The van der Waals surface area contributed by atoms with Gasteiger partial charge in [0.05, 0.1) is 22.9 Å². The fourth-order valence-corrected chi connectivity index (χ4v) is 2.98. The van der Waals surface area contributed by atoms with E-state index in [1.165, 1.54) is 16.1 Å². The Hall–Kier alpha value is -3.32. The number of anilines is 2. The van der Waals surface area contributed by atoms with Gasteiger partial charge in [-0.1, -0.05) is 53.6 Å². The van der Waals surface area contributed by atoms with Crippen molar-refractivity contribution in [3.63, 3.8) is 0 Å². The van der Waals surface area contributed by atoms with E-state index in [1.807, 2.05) is 37.3 Å². The molecule has 0 aliphatic carbocycles. The number of H-pyrrole nitrogens is 1. The van der Waals surface area contributed by atoms with Crippen molar-refractivity contribution >= 4 is 29.0 Å². The zero-order valence-electron chi connectivity index (χ0n) is 15.2. The number of para-hydroxylation sites is 1. The first-order valence-corrected chi connectivity index (χ1v) is 9.23. The molecule has 0 saturated heterocycles. The van der Waals surface area contributed by atoms with Crippen LogP contribution in [-0.4, -0.2) is 19.6 Å². The second kappa shape index (κ2) is 7.74. The summed E-state index contributed by atoms with van der Waals surface area (Å²) in [5.41, 5.74) is 3.48. The van der Waals surface area contributed by atoms with Gasteiger partial charge < -0.3 is 10.6 Å². The van der Waals surface area contributed by atoms with Gasteiger partial charge in [0.1, 0.15) is 0 Å². The van der Waals surface area contributed by atoms with Gasteiger partial charge in [-0.25, -0.2) is 4.98 Å². The van der Waals surface area contributed by atoms with E-state index in [-0.39, 0.29) is 5.56 Å². The van der Waals surface area contributed by atoms with E-state index in [4.69, 9.17) is 11.6 Å². The van der Waals surface area contributed by atoms with Crippen molar-refractivity contribution in [2.24, 2.45) is 0 Å². The zero-order chi connectivity index (χ0) is 19.5. The van der Waals surface area contributed by atoms with E-state index in [0.717, 1.165) is 11.3 Å². The van der Waals surface area contributed by atoms with Crippen LogP contribution in [0.2, 0.25) is 5.02 Å². The lowest BCUT2D eigenvalue weighted by molar-refractivity contribution is 0.874. The number of nitrogens with one attached hydrogen (secondary N) is 3. The summed E-state index contributed by atoms with van der Waals surface area (Å²) in [6.07, 6.45) is 0. The molecule has 0 radical (unpaired) electrons. The monoisotopic (exact) mass is 394 g/mol. The Bertz CT molecular complexity index is 1170. The minimum Gasteiger partial charge on any atom is -0.378 e. The molecule has 0 aliphatic rings. The molecule has 8 heteroatoms. The second-order valence-electron chi connectivity index (χ2n) is 6.47. The summed E-state index contributed by atoms with van der Waals surface area (Å²) in [6.45, 7) is 3.01. The fourth-order valence-electron chi connectivity index (χ4n) is 2.78. The average Bonchev–Trinajstić information content (AvgIpc) is 3.11. The highest BCUT2D eigenvalue weighted by Crippen LogP contribution is 2.20. The van der Waals surface area contributed by atoms with Crippen LogP contribution in [0.4, 0.5) is 11.6 Å². The van der Waals surface area contributed by atoms with Gasteiger partial charge in [0, 0.05) is 12.6 Å². The van der Waals surface area contributed by atoms with E-state index >= 15 is 0 Å². The fraction of sp³-hybridized carbons (Fsp3) is 0.150. The number of rotatable bonds is 6. The number of halogens is 1. The van der Waals surface area contributed by atoms with Crippen molar-refractivity contribution in [2.75, 3.05) is 10.6 Å². The third-order valence-electron chi connectivity index (χ3n) is 4.30. The molecule has 0 bridgehead atoms. The Balaban J connectivity index is 1.49. The highest BCUT2D eigenvalue weighted by molar-refractivity contribution is 6.33. The van der Waals surface area contributed by atoms with E-state index in [9.17, 15) is 4.79 Å². The summed E-state index contributed by atoms with van der Waals surface area (Å²) in [7, 11) is 0. The summed E-state index contributed by atoms with van der Waals surface area (Å²) in [4.78, 5) is 21.2. The Labute approximate surface area is 166 Å². The maximum absolute atomic E-state index is 12.4. The van der Waals surface area contributed by atoms with Gasteiger partial charge in [-0.3, -0.25) is 9.89 Å². The molecule has 0 fully saturated rings. The number of fused-ring (bicyclic) bond motifs is 1. The lowest BCUT2D eigenvalue weighted by atomic mass is 10.1. The molecule has 3 N–H and O–H groups in total. The molecule has 0 aliphatic heterocycles. The molecule has 4 aromatic rings. The third kappa shape index (κ3) is 3.99. The van der Waals surface area contributed by atoms with Gasteiger partial charge in [0.25, 0.3) is 11.3 Å². The normalized spacial score (nSPS) is 10.9. The molecule has 28 heavy (non-hydrogen) atoms. The SMILES string of the molecule is Cc1ccc(CNc2nc3nc(CNc4ccccc4Cl)cc(=O)n3[nH]2)cc1. The Morgan fingerprint density at radius 1 is 1.04 bits per heavy atom. The van der Waals surface area contributed by atoms with E-state index in [1.54, 1.807) is 6.07 Å². The molecule has 7 nitrogen and oxygen atoms in total. The molecule has 0 spiro atoms. The molecule has 0 unspecified atom stereocenters. The van der Waals surface area contributed by atoms with Gasteiger partial charge in [-0.15, -0.1) is 0 Å². The number of benzene rings is 2. The molecular formula is C20H19ClN6O. The summed E-state index contributed by atoms with van der Waals surface area (Å²) in [5, 5.41) is 9.91. The van der Waals surface area contributed by atoms with Gasteiger partial charge in [0.15, 0.2) is 0 Å². The molecule has 4 rings (SSSR count). The first kappa shape index (κ1) is 18.1. The highest BCUT2D eigenvalue weighted by Gasteiger charge is 2.08. The topological polar surface area (TPSA) is 87.1 Å².